The molecule has 0 bridgehead atoms. The predicted octanol–water partition coefficient (Wildman–Crippen LogP) is 4.57. The lowest BCUT2D eigenvalue weighted by atomic mass is 10.1. The van der Waals surface area contributed by atoms with Crippen molar-refractivity contribution in [3.8, 4) is 5.75 Å². The first-order valence-electron chi connectivity index (χ1n) is 4.14. The highest BCUT2D eigenvalue weighted by Crippen LogP contribution is 2.39. The van der Waals surface area contributed by atoms with Crippen molar-refractivity contribution in [2.75, 3.05) is 0 Å². The summed E-state index contributed by atoms with van der Waals surface area (Å²) in [6.45, 7) is 1.06. The topological polar surface area (TPSA) is 9.23 Å². The van der Waals surface area contributed by atoms with E-state index in [1.54, 1.807) is 0 Å². The van der Waals surface area contributed by atoms with Gasteiger partial charge in [-0.15, -0.1) is 13.2 Å². The molecule has 1 aromatic rings. The quantitative estimate of drug-likeness (QED) is 0.684. The maximum atomic E-state index is 12.4. The van der Waals surface area contributed by atoms with Gasteiger partial charge in [-0.3, -0.25) is 0 Å². The van der Waals surface area contributed by atoms with Crippen LogP contribution in [0.15, 0.2) is 12.1 Å². The van der Waals surface area contributed by atoms with Gasteiger partial charge in [0, 0.05) is 6.07 Å². The summed E-state index contributed by atoms with van der Waals surface area (Å²) >= 11 is 5.25. The molecule has 8 heteroatoms. The molecule has 96 valence electrons. The van der Waals surface area contributed by atoms with E-state index in [0.29, 0.717) is 12.1 Å². The highest BCUT2D eigenvalue weighted by molar-refractivity contribution is 6.31. The van der Waals surface area contributed by atoms with Gasteiger partial charge in [0.15, 0.2) is 0 Å². The third-order valence-electron chi connectivity index (χ3n) is 1.80. The molecule has 1 rings (SSSR count). The third kappa shape index (κ3) is 3.69. The summed E-state index contributed by atoms with van der Waals surface area (Å²) in [7, 11) is 0. The third-order valence-corrected chi connectivity index (χ3v) is 2.11. The molecule has 0 aliphatic carbocycles. The van der Waals surface area contributed by atoms with Crippen molar-refractivity contribution in [2.24, 2.45) is 0 Å². The monoisotopic (exact) mass is 278 g/mol. The lowest BCUT2D eigenvalue weighted by Gasteiger charge is -2.15. The second kappa shape index (κ2) is 4.29. The molecule has 1 aromatic carbocycles. The van der Waals surface area contributed by atoms with Gasteiger partial charge in [0.2, 0.25) is 0 Å². The van der Waals surface area contributed by atoms with Gasteiger partial charge in [-0.2, -0.15) is 13.2 Å². The van der Waals surface area contributed by atoms with Crippen LogP contribution in [0.3, 0.4) is 0 Å². The van der Waals surface area contributed by atoms with Gasteiger partial charge < -0.3 is 4.74 Å². The van der Waals surface area contributed by atoms with Crippen molar-refractivity contribution in [1.82, 2.24) is 0 Å². The van der Waals surface area contributed by atoms with Crippen LogP contribution >= 0.6 is 11.6 Å². The van der Waals surface area contributed by atoms with Crippen molar-refractivity contribution in [3.63, 3.8) is 0 Å². The Labute approximate surface area is 96.9 Å². The SMILES string of the molecule is Cc1cc(C(F)(F)F)c(Cl)cc1OC(F)(F)F. The van der Waals surface area contributed by atoms with Crippen LogP contribution in [0.5, 0.6) is 5.75 Å². The van der Waals surface area contributed by atoms with Crippen LogP contribution < -0.4 is 4.74 Å². The molecule has 0 aliphatic rings. The number of aryl methyl sites for hydroxylation is 1. The smallest absolute Gasteiger partial charge is 0.405 e. The summed E-state index contributed by atoms with van der Waals surface area (Å²) in [6.07, 6.45) is -9.70. The normalized spacial score (nSPS) is 12.7. The fraction of sp³-hybridized carbons (Fsp3) is 0.333. The van der Waals surface area contributed by atoms with Gasteiger partial charge in [-0.05, 0) is 18.6 Å². The van der Waals surface area contributed by atoms with E-state index < -0.39 is 28.9 Å². The van der Waals surface area contributed by atoms with Gasteiger partial charge >= 0.3 is 12.5 Å². The molecule has 0 atom stereocenters. The van der Waals surface area contributed by atoms with Crippen molar-refractivity contribution < 1.29 is 31.1 Å². The van der Waals surface area contributed by atoms with E-state index in [9.17, 15) is 26.3 Å². The van der Waals surface area contributed by atoms with Gasteiger partial charge in [0.05, 0.1) is 10.6 Å². The standard InChI is InChI=1S/C9H5ClF6O/c1-4-2-5(8(11,12)13)6(10)3-7(4)17-9(14,15)16/h2-3H,1H3. The zero-order valence-electron chi connectivity index (χ0n) is 8.21. The van der Waals surface area contributed by atoms with Crippen molar-refractivity contribution in [3.05, 3.63) is 28.3 Å². The number of ether oxygens (including phenoxy) is 1. The van der Waals surface area contributed by atoms with Crippen LogP contribution in [0.2, 0.25) is 5.02 Å². The summed E-state index contributed by atoms with van der Waals surface area (Å²) in [5.74, 6) is -0.754. The molecular weight excluding hydrogens is 274 g/mol. The van der Waals surface area contributed by atoms with Crippen LogP contribution in [-0.2, 0) is 6.18 Å². The molecule has 0 heterocycles. The van der Waals surface area contributed by atoms with Crippen molar-refractivity contribution in [1.29, 1.82) is 0 Å². The van der Waals surface area contributed by atoms with E-state index >= 15 is 0 Å². The number of alkyl halides is 6. The Bertz CT molecular complexity index is 423. The van der Waals surface area contributed by atoms with Crippen LogP contribution in [0.1, 0.15) is 11.1 Å². The Morgan fingerprint density at radius 2 is 1.59 bits per heavy atom. The maximum absolute atomic E-state index is 12.4. The number of rotatable bonds is 1. The number of hydrogen-bond acceptors (Lipinski definition) is 1. The van der Waals surface area contributed by atoms with Crippen molar-refractivity contribution >= 4 is 11.6 Å². The summed E-state index contributed by atoms with van der Waals surface area (Å²) in [6, 6.07) is 0.997. The van der Waals surface area contributed by atoms with Crippen LogP contribution in [0.25, 0.3) is 0 Å². The zero-order valence-corrected chi connectivity index (χ0v) is 8.96. The molecule has 0 radical (unpaired) electrons. The van der Waals surface area contributed by atoms with E-state index in [1.807, 2.05) is 0 Å². The minimum atomic E-state index is -4.98. The molecule has 0 amide bonds. The Kier molecular flexibility index (Phi) is 3.52. The lowest BCUT2D eigenvalue weighted by molar-refractivity contribution is -0.274. The zero-order chi connectivity index (χ0) is 13.4. The number of benzene rings is 1. The lowest BCUT2D eigenvalue weighted by Crippen LogP contribution is -2.18. The van der Waals surface area contributed by atoms with E-state index in [2.05, 4.69) is 4.74 Å². The summed E-state index contributed by atoms with van der Waals surface area (Å²) in [4.78, 5) is 0. The summed E-state index contributed by atoms with van der Waals surface area (Å²) < 4.78 is 76.3. The van der Waals surface area contributed by atoms with Gasteiger partial charge in [-0.25, -0.2) is 0 Å². The van der Waals surface area contributed by atoms with Gasteiger partial charge in [0.25, 0.3) is 0 Å². The molecule has 0 saturated carbocycles. The van der Waals surface area contributed by atoms with Gasteiger partial charge in [-0.1, -0.05) is 11.6 Å². The van der Waals surface area contributed by atoms with Crippen molar-refractivity contribution in [2.45, 2.75) is 19.5 Å². The highest BCUT2D eigenvalue weighted by Gasteiger charge is 2.36. The largest absolute Gasteiger partial charge is 0.573 e. The van der Waals surface area contributed by atoms with E-state index in [-0.39, 0.29) is 5.56 Å². The van der Waals surface area contributed by atoms with E-state index in [4.69, 9.17) is 11.6 Å². The van der Waals surface area contributed by atoms with Gasteiger partial charge in [0.1, 0.15) is 5.75 Å². The first kappa shape index (κ1) is 14.0. The minimum absolute atomic E-state index is 0.306. The fourth-order valence-corrected chi connectivity index (χ4v) is 1.38. The first-order valence-corrected chi connectivity index (χ1v) is 4.51. The average molecular weight is 279 g/mol. The fourth-order valence-electron chi connectivity index (χ4n) is 1.12. The minimum Gasteiger partial charge on any atom is -0.405 e. The predicted molar refractivity (Wildman–Crippen MR) is 47.9 cm³/mol. The second-order valence-electron chi connectivity index (χ2n) is 3.14. The maximum Gasteiger partial charge on any atom is 0.573 e. The molecule has 1 nitrogen and oxygen atoms in total. The Balaban J connectivity index is 3.19. The Morgan fingerprint density at radius 3 is 2.00 bits per heavy atom. The average Bonchev–Trinajstić information content (AvgIpc) is 2.06. The summed E-state index contributed by atoms with van der Waals surface area (Å²) in [5, 5.41) is -0.845. The van der Waals surface area contributed by atoms with E-state index in [0.717, 1.165) is 6.92 Å². The molecule has 0 aromatic heterocycles. The Morgan fingerprint density at radius 1 is 1.06 bits per heavy atom. The second-order valence-corrected chi connectivity index (χ2v) is 3.55. The summed E-state index contributed by atoms with van der Waals surface area (Å²) in [5.41, 5.74) is -1.51. The van der Waals surface area contributed by atoms with Crippen LogP contribution in [-0.4, -0.2) is 6.36 Å². The molecule has 17 heavy (non-hydrogen) atoms. The Hall–Kier alpha value is -1.11. The van der Waals surface area contributed by atoms with Crippen LogP contribution in [0.4, 0.5) is 26.3 Å². The molecule has 0 spiro atoms. The molecule has 0 unspecified atom stereocenters. The highest BCUT2D eigenvalue weighted by atomic mass is 35.5. The first-order chi connectivity index (χ1) is 7.50. The van der Waals surface area contributed by atoms with E-state index in [1.165, 1.54) is 0 Å². The molecular formula is C9H5ClF6O. The molecule has 0 saturated heterocycles. The molecule has 0 N–H and O–H groups in total. The molecule has 0 aliphatic heterocycles. The molecule has 0 fully saturated rings. The number of halogens is 7. The van der Waals surface area contributed by atoms with Crippen LogP contribution in [0, 0.1) is 6.92 Å². The number of hydrogen-bond donors (Lipinski definition) is 0.